The van der Waals surface area contributed by atoms with Gasteiger partial charge in [0.1, 0.15) is 5.82 Å². The molecule has 0 saturated heterocycles. The van der Waals surface area contributed by atoms with E-state index in [-0.39, 0.29) is 41.6 Å². The highest BCUT2D eigenvalue weighted by Gasteiger charge is 2.39. The molecule has 1 aromatic carbocycles. The van der Waals surface area contributed by atoms with E-state index >= 15 is 0 Å². The molecule has 2 amide bonds. The van der Waals surface area contributed by atoms with Gasteiger partial charge in [0.15, 0.2) is 0 Å². The van der Waals surface area contributed by atoms with Crippen LogP contribution in [0, 0.1) is 5.82 Å². The average molecular weight is 471 g/mol. The second-order valence-electron chi connectivity index (χ2n) is 8.34. The number of nitrogens with zero attached hydrogens (tertiary/aromatic N) is 4. The van der Waals surface area contributed by atoms with Gasteiger partial charge in [0.05, 0.1) is 29.4 Å². The van der Waals surface area contributed by atoms with Gasteiger partial charge in [-0.15, -0.1) is 10.2 Å². The Morgan fingerprint density at radius 1 is 1.18 bits per heavy atom. The molecule has 8 nitrogen and oxygen atoms in total. The Morgan fingerprint density at radius 2 is 2.00 bits per heavy atom. The Morgan fingerprint density at radius 3 is 2.76 bits per heavy atom. The minimum absolute atomic E-state index is 0.144. The van der Waals surface area contributed by atoms with E-state index in [0.717, 1.165) is 12.8 Å². The summed E-state index contributed by atoms with van der Waals surface area (Å²) in [5.41, 5.74) is 1.36. The van der Waals surface area contributed by atoms with Crippen LogP contribution in [0.15, 0.2) is 40.9 Å². The topological polar surface area (TPSA) is 101 Å². The molecule has 0 unspecified atom stereocenters. The van der Waals surface area contributed by atoms with Crippen LogP contribution < -0.4 is 5.32 Å². The first-order valence-electron chi connectivity index (χ1n) is 10.9. The zero-order valence-electron chi connectivity index (χ0n) is 17.9. The summed E-state index contributed by atoms with van der Waals surface area (Å²) >= 11 is 0. The molecule has 11 heteroatoms. The van der Waals surface area contributed by atoms with E-state index in [1.807, 2.05) is 0 Å². The first kappa shape index (κ1) is 22.1. The van der Waals surface area contributed by atoms with Crippen molar-refractivity contribution in [2.75, 3.05) is 0 Å². The highest BCUT2D eigenvalue weighted by atomic mass is 19.3. The summed E-state index contributed by atoms with van der Waals surface area (Å²) in [6.07, 6.45) is 1.68. The van der Waals surface area contributed by atoms with Crippen LogP contribution in [0.25, 0.3) is 11.5 Å². The Kier molecular flexibility index (Phi) is 5.76. The van der Waals surface area contributed by atoms with E-state index in [1.54, 1.807) is 4.90 Å². The van der Waals surface area contributed by atoms with Crippen LogP contribution in [0.3, 0.4) is 0 Å². The molecule has 2 aliphatic rings. The number of aromatic nitrogens is 3. The normalized spacial score (nSPS) is 20.0. The number of halogens is 3. The fourth-order valence-electron chi connectivity index (χ4n) is 4.55. The van der Waals surface area contributed by atoms with Crippen LogP contribution in [0.4, 0.5) is 13.2 Å². The van der Waals surface area contributed by atoms with Gasteiger partial charge in [-0.25, -0.2) is 4.39 Å². The first-order valence-corrected chi connectivity index (χ1v) is 10.9. The van der Waals surface area contributed by atoms with Crippen LogP contribution in [0.1, 0.15) is 64.4 Å². The monoisotopic (exact) mass is 471 g/mol. The Bertz CT molecular complexity index is 1250. The van der Waals surface area contributed by atoms with Crippen LogP contribution in [0.5, 0.6) is 0 Å². The molecular formula is C23H20F3N5O3. The number of carbonyl (C=O) groups excluding carboxylic acids is 2. The number of hydrogen-bond donors (Lipinski definition) is 1. The Hall–Kier alpha value is -3.76. The maximum absolute atomic E-state index is 13.5. The fourth-order valence-corrected chi connectivity index (χ4v) is 4.55. The summed E-state index contributed by atoms with van der Waals surface area (Å²) in [6.45, 7) is 0.261. The Labute approximate surface area is 192 Å². The van der Waals surface area contributed by atoms with Gasteiger partial charge >= 0.3 is 6.43 Å². The molecule has 1 aliphatic heterocycles. The third-order valence-electron chi connectivity index (χ3n) is 6.19. The van der Waals surface area contributed by atoms with Crippen molar-refractivity contribution in [3.63, 3.8) is 0 Å². The summed E-state index contributed by atoms with van der Waals surface area (Å²) in [5, 5.41) is 9.88. The maximum Gasteiger partial charge on any atom is 0.314 e. The lowest BCUT2D eigenvalue weighted by atomic mass is 9.89. The Balaban J connectivity index is 1.35. The second-order valence-corrected chi connectivity index (χ2v) is 8.34. The van der Waals surface area contributed by atoms with Crippen molar-refractivity contribution < 1.29 is 27.2 Å². The van der Waals surface area contributed by atoms with E-state index in [2.05, 4.69) is 20.5 Å². The van der Waals surface area contributed by atoms with Crippen LogP contribution in [-0.4, -0.2) is 44.0 Å². The van der Waals surface area contributed by atoms with Gasteiger partial charge in [0.2, 0.25) is 5.89 Å². The van der Waals surface area contributed by atoms with E-state index in [1.165, 1.54) is 36.5 Å². The first-order chi connectivity index (χ1) is 16.4. The number of amides is 2. The number of alkyl halides is 2. The number of rotatable bonds is 5. The quantitative estimate of drug-likeness (QED) is 0.606. The fraction of sp³-hybridized carbons (Fsp3) is 0.348. The molecule has 1 saturated carbocycles. The van der Waals surface area contributed by atoms with Gasteiger partial charge in [-0.05, 0) is 37.1 Å². The average Bonchev–Trinajstić information content (AvgIpc) is 3.45. The predicted octanol–water partition coefficient (Wildman–Crippen LogP) is 3.91. The van der Waals surface area contributed by atoms with Gasteiger partial charge in [0.25, 0.3) is 17.7 Å². The largest absolute Gasteiger partial charge is 0.415 e. The van der Waals surface area contributed by atoms with Crippen molar-refractivity contribution in [1.29, 1.82) is 0 Å². The van der Waals surface area contributed by atoms with E-state index < -0.39 is 24.0 Å². The summed E-state index contributed by atoms with van der Waals surface area (Å²) in [6, 6.07) is 6.40. The number of hydrogen-bond acceptors (Lipinski definition) is 6. The van der Waals surface area contributed by atoms with Crippen molar-refractivity contribution in [3.05, 3.63) is 65.1 Å². The maximum atomic E-state index is 13.5. The third kappa shape index (κ3) is 4.13. The third-order valence-corrected chi connectivity index (χ3v) is 6.19. The second kappa shape index (κ2) is 8.88. The number of pyridine rings is 1. The lowest BCUT2D eigenvalue weighted by Crippen LogP contribution is -2.53. The van der Waals surface area contributed by atoms with Gasteiger partial charge in [-0.3, -0.25) is 14.6 Å². The SMILES string of the molecule is O=C(N[C@@H]1CCCC[C@H]1N1Cc2ncc(-c3nnc(C(F)F)o3)cc2C1=O)c1cccc(F)c1. The number of carbonyl (C=O) groups is 2. The lowest BCUT2D eigenvalue weighted by Gasteiger charge is -2.38. The summed E-state index contributed by atoms with van der Waals surface area (Å²) in [4.78, 5) is 32.0. The lowest BCUT2D eigenvalue weighted by molar-refractivity contribution is 0.0581. The molecule has 34 heavy (non-hydrogen) atoms. The van der Waals surface area contributed by atoms with E-state index in [0.29, 0.717) is 24.1 Å². The minimum atomic E-state index is -2.90. The molecule has 5 rings (SSSR count). The molecular weight excluding hydrogens is 451 g/mol. The minimum Gasteiger partial charge on any atom is -0.415 e. The molecule has 176 valence electrons. The zero-order chi connectivity index (χ0) is 23.8. The molecule has 0 spiro atoms. The molecule has 2 atom stereocenters. The van der Waals surface area contributed by atoms with Gasteiger partial charge < -0.3 is 14.6 Å². The van der Waals surface area contributed by atoms with Crippen LogP contribution >= 0.6 is 0 Å². The van der Waals surface area contributed by atoms with Crippen molar-refractivity contribution in [1.82, 2.24) is 25.4 Å². The summed E-state index contributed by atoms with van der Waals surface area (Å²) < 4.78 is 44.0. The molecule has 1 fully saturated rings. The highest BCUT2D eigenvalue weighted by Crippen LogP contribution is 2.33. The molecule has 3 heterocycles. The standard InChI is InChI=1S/C23H20F3N5O3/c24-14-5-3-4-12(8-14)20(32)28-16-6-1-2-7-18(16)31-11-17-15(23(31)33)9-13(10-27-17)21-29-30-22(34-21)19(25)26/h3-5,8-10,16,18-19H,1-2,6-7,11H2,(H,28,32)/t16-,18-/m1/s1. The molecule has 2 aromatic heterocycles. The number of nitrogens with one attached hydrogen (secondary N) is 1. The number of fused-ring (bicyclic) bond motifs is 1. The predicted molar refractivity (Wildman–Crippen MR) is 112 cm³/mol. The smallest absolute Gasteiger partial charge is 0.314 e. The van der Waals surface area contributed by atoms with Gasteiger partial charge in [-0.2, -0.15) is 8.78 Å². The van der Waals surface area contributed by atoms with E-state index in [4.69, 9.17) is 4.42 Å². The van der Waals surface area contributed by atoms with Crippen molar-refractivity contribution >= 4 is 11.8 Å². The summed E-state index contributed by atoms with van der Waals surface area (Å²) in [7, 11) is 0. The summed E-state index contributed by atoms with van der Waals surface area (Å²) in [5.74, 6) is -2.11. The van der Waals surface area contributed by atoms with Crippen molar-refractivity contribution in [2.45, 2.75) is 50.7 Å². The van der Waals surface area contributed by atoms with Crippen LogP contribution in [0.2, 0.25) is 0 Å². The van der Waals surface area contributed by atoms with E-state index in [9.17, 15) is 22.8 Å². The highest BCUT2D eigenvalue weighted by molar-refractivity contribution is 5.99. The van der Waals surface area contributed by atoms with Crippen LogP contribution in [-0.2, 0) is 6.54 Å². The van der Waals surface area contributed by atoms with Crippen molar-refractivity contribution in [3.8, 4) is 11.5 Å². The zero-order valence-corrected chi connectivity index (χ0v) is 17.9. The molecule has 1 aliphatic carbocycles. The molecule has 3 aromatic rings. The molecule has 1 N–H and O–H groups in total. The molecule has 0 radical (unpaired) electrons. The molecule has 0 bridgehead atoms. The van der Waals surface area contributed by atoms with Gasteiger partial charge in [0, 0.05) is 17.8 Å². The number of benzene rings is 1. The van der Waals surface area contributed by atoms with Gasteiger partial charge in [-0.1, -0.05) is 18.9 Å². The van der Waals surface area contributed by atoms with Crippen molar-refractivity contribution in [2.24, 2.45) is 0 Å².